The molecule has 1 fully saturated rings. The van der Waals surface area contributed by atoms with Crippen molar-refractivity contribution < 1.29 is 18.4 Å². The molecule has 7 heteroatoms. The summed E-state index contributed by atoms with van der Waals surface area (Å²) in [6.07, 6.45) is 0. The van der Waals surface area contributed by atoms with Gasteiger partial charge in [0.15, 0.2) is 5.82 Å². The maximum atomic E-state index is 14.3. The first-order valence-corrected chi connectivity index (χ1v) is 5.93. The number of rotatable bonds is 1. The van der Waals surface area contributed by atoms with Crippen LogP contribution in [0.15, 0.2) is 6.07 Å². The lowest BCUT2D eigenvalue weighted by atomic mass is 10.1. The summed E-state index contributed by atoms with van der Waals surface area (Å²) in [4.78, 5) is 24.2. The Labute approximate surface area is 107 Å². The van der Waals surface area contributed by atoms with Crippen molar-refractivity contribution in [3.63, 3.8) is 0 Å². The maximum absolute atomic E-state index is 14.3. The molecule has 5 nitrogen and oxygen atoms in total. The molecule has 0 saturated carbocycles. The van der Waals surface area contributed by atoms with E-state index < -0.39 is 23.3 Å². The first-order valence-electron chi connectivity index (χ1n) is 5.93. The van der Waals surface area contributed by atoms with Crippen molar-refractivity contribution in [2.75, 3.05) is 36.4 Å². The second-order valence-electron chi connectivity index (χ2n) is 4.46. The zero-order valence-electron chi connectivity index (χ0n) is 9.93. The van der Waals surface area contributed by atoms with Crippen LogP contribution in [0.4, 0.5) is 20.2 Å². The number of carbonyl (C=O) groups is 2. The number of amides is 1. The van der Waals surface area contributed by atoms with Crippen LogP contribution in [0, 0.1) is 11.6 Å². The predicted molar refractivity (Wildman–Crippen MR) is 64.4 cm³/mol. The van der Waals surface area contributed by atoms with Crippen molar-refractivity contribution >= 4 is 23.1 Å². The molecule has 100 valence electrons. The van der Waals surface area contributed by atoms with Gasteiger partial charge in [-0.05, 0) is 6.07 Å². The molecule has 2 N–H and O–H groups in total. The number of ketones is 1. The Kier molecular flexibility index (Phi) is 2.70. The molecule has 2 aliphatic rings. The number of carbonyl (C=O) groups excluding carboxylic acids is 2. The summed E-state index contributed by atoms with van der Waals surface area (Å²) in [6, 6.07) is 0.927. The van der Waals surface area contributed by atoms with Gasteiger partial charge < -0.3 is 15.5 Å². The Hall–Kier alpha value is -2.02. The molecule has 1 aromatic carbocycles. The summed E-state index contributed by atoms with van der Waals surface area (Å²) in [5.41, 5.74) is -0.640. The SMILES string of the molecule is O=C1Nc2c(cc(F)c(N3CCNCC3)c2F)C1=O. The summed E-state index contributed by atoms with van der Waals surface area (Å²) < 4.78 is 28.3. The van der Waals surface area contributed by atoms with E-state index in [0.717, 1.165) is 6.07 Å². The summed E-state index contributed by atoms with van der Waals surface area (Å²) >= 11 is 0. The van der Waals surface area contributed by atoms with Crippen LogP contribution >= 0.6 is 0 Å². The quantitative estimate of drug-likeness (QED) is 0.728. The molecule has 0 radical (unpaired) electrons. The van der Waals surface area contributed by atoms with Crippen LogP contribution in [0.2, 0.25) is 0 Å². The number of Topliss-reactive ketones (excluding diaryl/α,β-unsaturated/α-hetero) is 1. The molecule has 0 unspecified atom stereocenters. The second kappa shape index (κ2) is 4.27. The Bertz CT molecular complexity index is 583. The number of nitrogens with one attached hydrogen (secondary N) is 2. The summed E-state index contributed by atoms with van der Waals surface area (Å²) in [7, 11) is 0. The van der Waals surface area contributed by atoms with Gasteiger partial charge in [-0.25, -0.2) is 8.78 Å². The number of hydrogen-bond donors (Lipinski definition) is 2. The molecule has 0 aliphatic carbocycles. The summed E-state index contributed by atoms with van der Waals surface area (Å²) in [5, 5.41) is 5.23. The van der Waals surface area contributed by atoms with E-state index in [1.807, 2.05) is 0 Å². The lowest BCUT2D eigenvalue weighted by molar-refractivity contribution is -0.112. The van der Waals surface area contributed by atoms with Crippen molar-refractivity contribution in [3.8, 4) is 0 Å². The number of benzene rings is 1. The third-order valence-corrected chi connectivity index (χ3v) is 3.32. The van der Waals surface area contributed by atoms with Gasteiger partial charge in [-0.15, -0.1) is 0 Å². The van der Waals surface area contributed by atoms with Crippen LogP contribution in [0.25, 0.3) is 0 Å². The minimum absolute atomic E-state index is 0.185. The van der Waals surface area contributed by atoms with Crippen molar-refractivity contribution in [1.29, 1.82) is 0 Å². The predicted octanol–water partition coefficient (Wildman–Crippen LogP) is 0.509. The third kappa shape index (κ3) is 1.77. The molecule has 0 bridgehead atoms. The van der Waals surface area contributed by atoms with Crippen molar-refractivity contribution in [1.82, 2.24) is 5.32 Å². The van der Waals surface area contributed by atoms with E-state index in [0.29, 0.717) is 26.2 Å². The van der Waals surface area contributed by atoms with Crippen LogP contribution in [-0.4, -0.2) is 37.9 Å². The van der Waals surface area contributed by atoms with Gasteiger partial charge in [0.05, 0.1) is 11.3 Å². The molecule has 0 spiro atoms. The fourth-order valence-electron chi connectivity index (χ4n) is 2.38. The van der Waals surface area contributed by atoms with E-state index in [1.54, 1.807) is 4.90 Å². The number of anilines is 2. The van der Waals surface area contributed by atoms with Gasteiger partial charge in [0.1, 0.15) is 11.5 Å². The van der Waals surface area contributed by atoms with Crippen LogP contribution in [0.5, 0.6) is 0 Å². The van der Waals surface area contributed by atoms with Gasteiger partial charge >= 0.3 is 0 Å². The average molecular weight is 267 g/mol. The van der Waals surface area contributed by atoms with Gasteiger partial charge in [0.25, 0.3) is 11.7 Å². The maximum Gasteiger partial charge on any atom is 0.296 e. The Morgan fingerprint density at radius 1 is 1.16 bits per heavy atom. The molecular weight excluding hydrogens is 256 g/mol. The normalized spacial score (nSPS) is 18.5. The molecule has 1 aromatic rings. The van der Waals surface area contributed by atoms with Crippen LogP contribution < -0.4 is 15.5 Å². The van der Waals surface area contributed by atoms with Crippen LogP contribution in [0.1, 0.15) is 10.4 Å². The van der Waals surface area contributed by atoms with E-state index in [2.05, 4.69) is 10.6 Å². The third-order valence-electron chi connectivity index (χ3n) is 3.32. The highest BCUT2D eigenvalue weighted by atomic mass is 19.1. The summed E-state index contributed by atoms with van der Waals surface area (Å²) in [5.74, 6) is -3.52. The number of halogens is 2. The minimum atomic E-state index is -0.925. The molecule has 0 atom stereocenters. The number of fused-ring (bicyclic) bond motifs is 1. The van der Waals surface area contributed by atoms with Crippen LogP contribution in [-0.2, 0) is 4.79 Å². The molecule has 1 saturated heterocycles. The van der Waals surface area contributed by atoms with Crippen molar-refractivity contribution in [2.24, 2.45) is 0 Å². The first kappa shape index (κ1) is 12.0. The highest BCUT2D eigenvalue weighted by Gasteiger charge is 2.34. The zero-order valence-corrected chi connectivity index (χ0v) is 9.93. The molecule has 0 aromatic heterocycles. The van der Waals surface area contributed by atoms with Gasteiger partial charge in [0, 0.05) is 26.2 Å². The monoisotopic (exact) mass is 267 g/mol. The summed E-state index contributed by atoms with van der Waals surface area (Å²) in [6.45, 7) is 2.19. The van der Waals surface area contributed by atoms with Crippen LogP contribution in [0.3, 0.4) is 0 Å². The Morgan fingerprint density at radius 2 is 1.84 bits per heavy atom. The molecule has 19 heavy (non-hydrogen) atoms. The van der Waals surface area contributed by atoms with E-state index in [-0.39, 0.29) is 16.9 Å². The zero-order chi connectivity index (χ0) is 13.6. The smallest absolute Gasteiger partial charge is 0.296 e. The standard InChI is InChI=1S/C12H11F2N3O2/c13-7-5-6-9(16-12(19)11(6)18)8(14)10(7)17-3-1-15-2-4-17/h5,15H,1-4H2,(H,16,18,19). The minimum Gasteiger partial charge on any atom is -0.364 e. The topological polar surface area (TPSA) is 61.4 Å². The van der Waals surface area contributed by atoms with E-state index in [4.69, 9.17) is 0 Å². The van der Waals surface area contributed by atoms with E-state index in [9.17, 15) is 18.4 Å². The Balaban J connectivity index is 2.10. The lowest BCUT2D eigenvalue weighted by Gasteiger charge is -2.30. The lowest BCUT2D eigenvalue weighted by Crippen LogP contribution is -2.44. The molecule has 1 amide bonds. The molecule has 3 rings (SSSR count). The van der Waals surface area contributed by atoms with Gasteiger partial charge in [-0.2, -0.15) is 0 Å². The molecule has 2 heterocycles. The number of nitrogens with zero attached hydrogens (tertiary/aromatic N) is 1. The van der Waals surface area contributed by atoms with Crippen molar-refractivity contribution in [2.45, 2.75) is 0 Å². The Morgan fingerprint density at radius 3 is 2.53 bits per heavy atom. The van der Waals surface area contributed by atoms with Gasteiger partial charge in [-0.1, -0.05) is 0 Å². The largest absolute Gasteiger partial charge is 0.364 e. The van der Waals surface area contributed by atoms with Crippen molar-refractivity contribution in [3.05, 3.63) is 23.3 Å². The molecular formula is C12H11F2N3O2. The highest BCUT2D eigenvalue weighted by Crippen LogP contribution is 2.35. The number of hydrogen-bond acceptors (Lipinski definition) is 4. The van der Waals surface area contributed by atoms with E-state index in [1.165, 1.54) is 0 Å². The van der Waals surface area contributed by atoms with Gasteiger partial charge in [0.2, 0.25) is 0 Å². The van der Waals surface area contributed by atoms with Gasteiger partial charge in [-0.3, -0.25) is 9.59 Å². The fourth-order valence-corrected chi connectivity index (χ4v) is 2.38. The second-order valence-corrected chi connectivity index (χ2v) is 4.46. The van der Waals surface area contributed by atoms with E-state index >= 15 is 0 Å². The highest BCUT2D eigenvalue weighted by molar-refractivity contribution is 6.51. The number of piperazine rings is 1. The fraction of sp³-hybridized carbons (Fsp3) is 0.333. The molecule has 2 aliphatic heterocycles. The first-order chi connectivity index (χ1) is 9.09. The average Bonchev–Trinajstić information content (AvgIpc) is 2.68.